The number of benzene rings is 1. The van der Waals surface area contributed by atoms with Crippen LogP contribution in [-0.4, -0.2) is 36.6 Å². The van der Waals surface area contributed by atoms with Gasteiger partial charge >= 0.3 is 12.0 Å². The highest BCUT2D eigenvalue weighted by Crippen LogP contribution is 2.14. The Morgan fingerprint density at radius 3 is 2.40 bits per heavy atom. The molecule has 108 valence electrons. The van der Waals surface area contributed by atoms with Gasteiger partial charge < -0.3 is 15.0 Å². The summed E-state index contributed by atoms with van der Waals surface area (Å²) < 4.78 is 4.91. The average Bonchev–Trinajstić information content (AvgIpc) is 2.49. The largest absolute Gasteiger partial charge is 0.462 e. The number of esters is 1. The molecule has 1 heterocycles. The minimum Gasteiger partial charge on any atom is -0.462 e. The fourth-order valence-electron chi connectivity index (χ4n) is 2.20. The van der Waals surface area contributed by atoms with E-state index in [-0.39, 0.29) is 12.0 Å². The van der Waals surface area contributed by atoms with E-state index in [1.165, 1.54) is 6.42 Å². The molecule has 1 aliphatic heterocycles. The van der Waals surface area contributed by atoms with Crippen LogP contribution in [0.5, 0.6) is 0 Å². The summed E-state index contributed by atoms with van der Waals surface area (Å²) in [5.41, 5.74) is 1.18. The quantitative estimate of drug-likeness (QED) is 0.864. The molecule has 2 amide bonds. The van der Waals surface area contributed by atoms with Crippen LogP contribution in [0, 0.1) is 0 Å². The molecule has 0 saturated carbocycles. The van der Waals surface area contributed by atoms with E-state index >= 15 is 0 Å². The lowest BCUT2D eigenvalue weighted by Crippen LogP contribution is -2.38. The van der Waals surface area contributed by atoms with Crippen LogP contribution in [0.2, 0.25) is 0 Å². The highest BCUT2D eigenvalue weighted by molar-refractivity contribution is 5.92. The number of ether oxygens (including phenoxy) is 1. The van der Waals surface area contributed by atoms with Gasteiger partial charge in [-0.3, -0.25) is 0 Å². The monoisotopic (exact) mass is 276 g/mol. The van der Waals surface area contributed by atoms with Crippen LogP contribution in [0.3, 0.4) is 0 Å². The summed E-state index contributed by atoms with van der Waals surface area (Å²) in [5, 5.41) is 2.84. The number of carbonyl (C=O) groups excluding carboxylic acids is 2. The highest BCUT2D eigenvalue weighted by Gasteiger charge is 2.16. The second kappa shape index (κ2) is 6.93. The number of piperidine rings is 1. The van der Waals surface area contributed by atoms with Crippen LogP contribution < -0.4 is 5.32 Å². The summed E-state index contributed by atoms with van der Waals surface area (Å²) in [6.45, 7) is 3.75. The Hall–Kier alpha value is -2.04. The number of carbonyl (C=O) groups is 2. The number of likely N-dealkylation sites (tertiary alicyclic amines) is 1. The number of amides is 2. The van der Waals surface area contributed by atoms with Crippen LogP contribution >= 0.6 is 0 Å². The van der Waals surface area contributed by atoms with Gasteiger partial charge in [-0.2, -0.15) is 0 Å². The molecule has 0 radical (unpaired) electrons. The number of urea groups is 1. The molecule has 1 aromatic carbocycles. The number of rotatable bonds is 3. The van der Waals surface area contributed by atoms with Crippen LogP contribution in [0.25, 0.3) is 0 Å². The Morgan fingerprint density at radius 2 is 1.80 bits per heavy atom. The first kappa shape index (κ1) is 14.4. The number of hydrogen-bond donors (Lipinski definition) is 1. The lowest BCUT2D eigenvalue weighted by Gasteiger charge is -2.26. The van der Waals surface area contributed by atoms with Crippen molar-refractivity contribution in [3.8, 4) is 0 Å². The summed E-state index contributed by atoms with van der Waals surface area (Å²) in [6, 6.07) is 6.67. The molecule has 0 unspecified atom stereocenters. The van der Waals surface area contributed by atoms with Crippen LogP contribution in [0.15, 0.2) is 24.3 Å². The molecular formula is C15H20N2O3. The molecule has 1 saturated heterocycles. The van der Waals surface area contributed by atoms with Crippen molar-refractivity contribution in [3.63, 3.8) is 0 Å². The highest BCUT2D eigenvalue weighted by atomic mass is 16.5. The maximum atomic E-state index is 12.0. The topological polar surface area (TPSA) is 58.6 Å². The smallest absolute Gasteiger partial charge is 0.338 e. The fraction of sp³-hybridized carbons (Fsp3) is 0.467. The van der Waals surface area contributed by atoms with Crippen molar-refractivity contribution in [3.05, 3.63) is 29.8 Å². The van der Waals surface area contributed by atoms with E-state index in [0.717, 1.165) is 25.9 Å². The molecule has 5 heteroatoms. The van der Waals surface area contributed by atoms with Crippen molar-refractivity contribution in [1.82, 2.24) is 4.90 Å². The molecule has 0 aromatic heterocycles. The molecule has 5 nitrogen and oxygen atoms in total. The molecular weight excluding hydrogens is 256 g/mol. The Kier molecular flexibility index (Phi) is 4.98. The normalized spacial score (nSPS) is 14.8. The summed E-state index contributed by atoms with van der Waals surface area (Å²) >= 11 is 0. The number of hydrogen-bond acceptors (Lipinski definition) is 3. The van der Waals surface area contributed by atoms with Crippen LogP contribution in [-0.2, 0) is 4.74 Å². The van der Waals surface area contributed by atoms with Gasteiger partial charge in [-0.1, -0.05) is 0 Å². The van der Waals surface area contributed by atoms with Gasteiger partial charge in [0.2, 0.25) is 0 Å². The number of nitrogens with zero attached hydrogens (tertiary/aromatic N) is 1. The van der Waals surface area contributed by atoms with Crippen molar-refractivity contribution in [2.45, 2.75) is 26.2 Å². The van der Waals surface area contributed by atoms with Gasteiger partial charge in [0, 0.05) is 18.8 Å². The molecule has 0 spiro atoms. The third-order valence-electron chi connectivity index (χ3n) is 3.29. The van der Waals surface area contributed by atoms with E-state index < -0.39 is 0 Å². The minimum absolute atomic E-state index is 0.0754. The third-order valence-corrected chi connectivity index (χ3v) is 3.29. The van der Waals surface area contributed by atoms with Gasteiger partial charge in [-0.05, 0) is 50.5 Å². The molecule has 1 fully saturated rings. The van der Waals surface area contributed by atoms with E-state index in [4.69, 9.17) is 4.74 Å². The number of anilines is 1. The standard InChI is InChI=1S/C15H20N2O3/c1-2-20-14(18)12-6-8-13(9-7-12)16-15(19)17-10-4-3-5-11-17/h6-9H,2-5,10-11H2,1H3,(H,16,19). The summed E-state index contributed by atoms with van der Waals surface area (Å²) in [6.07, 6.45) is 3.32. The Labute approximate surface area is 118 Å². The van der Waals surface area contributed by atoms with Crippen LogP contribution in [0.4, 0.5) is 10.5 Å². The molecule has 1 N–H and O–H groups in total. The van der Waals surface area contributed by atoms with E-state index in [2.05, 4.69) is 5.32 Å². The molecule has 0 aliphatic carbocycles. The number of nitrogens with one attached hydrogen (secondary N) is 1. The SMILES string of the molecule is CCOC(=O)c1ccc(NC(=O)N2CCCCC2)cc1. The van der Waals surface area contributed by atoms with Crippen LogP contribution in [0.1, 0.15) is 36.5 Å². The van der Waals surface area contributed by atoms with E-state index in [1.807, 2.05) is 4.90 Å². The van der Waals surface area contributed by atoms with Gasteiger partial charge in [0.1, 0.15) is 0 Å². The zero-order valence-electron chi connectivity index (χ0n) is 11.7. The molecule has 0 bridgehead atoms. The zero-order valence-corrected chi connectivity index (χ0v) is 11.7. The predicted molar refractivity (Wildman–Crippen MR) is 76.8 cm³/mol. The lowest BCUT2D eigenvalue weighted by molar-refractivity contribution is 0.0526. The zero-order chi connectivity index (χ0) is 14.4. The third kappa shape index (κ3) is 3.73. The van der Waals surface area contributed by atoms with E-state index in [0.29, 0.717) is 17.9 Å². The second-order valence-electron chi connectivity index (χ2n) is 4.78. The van der Waals surface area contributed by atoms with Gasteiger partial charge in [-0.25, -0.2) is 9.59 Å². The van der Waals surface area contributed by atoms with Crippen molar-refractivity contribution in [2.24, 2.45) is 0 Å². The van der Waals surface area contributed by atoms with E-state index in [9.17, 15) is 9.59 Å². The molecule has 0 atom stereocenters. The van der Waals surface area contributed by atoms with E-state index in [1.54, 1.807) is 31.2 Å². The fourth-order valence-corrected chi connectivity index (χ4v) is 2.20. The van der Waals surface area contributed by atoms with Crippen molar-refractivity contribution < 1.29 is 14.3 Å². The maximum Gasteiger partial charge on any atom is 0.338 e. The maximum absolute atomic E-state index is 12.0. The van der Waals surface area contributed by atoms with Gasteiger partial charge in [-0.15, -0.1) is 0 Å². The minimum atomic E-state index is -0.346. The summed E-state index contributed by atoms with van der Waals surface area (Å²) in [7, 11) is 0. The Bertz CT molecular complexity index is 465. The second-order valence-corrected chi connectivity index (χ2v) is 4.78. The first-order valence-electron chi connectivity index (χ1n) is 7.04. The molecule has 20 heavy (non-hydrogen) atoms. The average molecular weight is 276 g/mol. The lowest BCUT2D eigenvalue weighted by atomic mass is 10.1. The Morgan fingerprint density at radius 1 is 1.15 bits per heavy atom. The van der Waals surface area contributed by atoms with Crippen molar-refractivity contribution >= 4 is 17.7 Å². The summed E-state index contributed by atoms with van der Waals surface area (Å²) in [4.78, 5) is 25.3. The molecule has 1 aromatic rings. The first-order valence-corrected chi connectivity index (χ1v) is 7.04. The van der Waals surface area contributed by atoms with Gasteiger partial charge in [0.25, 0.3) is 0 Å². The first-order chi connectivity index (χ1) is 9.70. The Balaban J connectivity index is 1.92. The molecule has 2 rings (SSSR count). The predicted octanol–water partition coefficient (Wildman–Crippen LogP) is 2.88. The van der Waals surface area contributed by atoms with Crippen molar-refractivity contribution in [2.75, 3.05) is 25.0 Å². The van der Waals surface area contributed by atoms with Crippen molar-refractivity contribution in [1.29, 1.82) is 0 Å². The molecule has 1 aliphatic rings. The van der Waals surface area contributed by atoms with Gasteiger partial charge in [0.15, 0.2) is 0 Å². The van der Waals surface area contributed by atoms with Gasteiger partial charge in [0.05, 0.1) is 12.2 Å². The summed E-state index contributed by atoms with van der Waals surface area (Å²) in [5.74, 6) is -0.346.